The van der Waals surface area contributed by atoms with E-state index in [2.05, 4.69) is 5.32 Å². The summed E-state index contributed by atoms with van der Waals surface area (Å²) in [5, 5.41) is 5.52. The molecular weight excluding hydrogens is 480 g/mol. The van der Waals surface area contributed by atoms with Crippen LogP contribution in [0.15, 0.2) is 58.8 Å². The van der Waals surface area contributed by atoms with Gasteiger partial charge >= 0.3 is 5.97 Å². The molecule has 0 saturated heterocycles. The van der Waals surface area contributed by atoms with Gasteiger partial charge in [0.05, 0.1) is 12.3 Å². The maximum Gasteiger partial charge on any atom is 0.341 e. The number of fused-ring (bicyclic) bond motifs is 1. The number of thioether (sulfide) groups is 1. The Balaban J connectivity index is 1.70. The predicted molar refractivity (Wildman–Crippen MR) is 133 cm³/mol. The van der Waals surface area contributed by atoms with Gasteiger partial charge in [-0.2, -0.15) is 0 Å². The molecule has 0 aliphatic carbocycles. The molecule has 1 unspecified atom stereocenters. The van der Waals surface area contributed by atoms with Crippen LogP contribution in [0.4, 0.5) is 10.7 Å². The van der Waals surface area contributed by atoms with Gasteiger partial charge in [-0.3, -0.25) is 9.59 Å². The molecule has 0 spiro atoms. The minimum absolute atomic E-state index is 0.190. The molecule has 170 valence electrons. The van der Waals surface area contributed by atoms with Crippen molar-refractivity contribution in [3.63, 3.8) is 0 Å². The Morgan fingerprint density at radius 2 is 1.85 bits per heavy atom. The van der Waals surface area contributed by atoms with E-state index in [1.54, 1.807) is 50.5 Å². The number of hydrogen-bond donors (Lipinski definition) is 1. The van der Waals surface area contributed by atoms with Crippen LogP contribution < -0.4 is 10.2 Å². The van der Waals surface area contributed by atoms with Crippen molar-refractivity contribution in [1.82, 2.24) is 0 Å². The lowest BCUT2D eigenvalue weighted by Crippen LogP contribution is -2.53. The fourth-order valence-electron chi connectivity index (χ4n) is 3.58. The molecule has 33 heavy (non-hydrogen) atoms. The number of hydrogen-bond acceptors (Lipinski definition) is 6. The number of benzene rings is 2. The van der Waals surface area contributed by atoms with Gasteiger partial charge in [-0.05, 0) is 43.7 Å². The molecule has 2 heterocycles. The Morgan fingerprint density at radius 1 is 1.15 bits per heavy atom. The van der Waals surface area contributed by atoms with E-state index in [-0.39, 0.29) is 18.1 Å². The van der Waals surface area contributed by atoms with E-state index in [4.69, 9.17) is 16.3 Å². The summed E-state index contributed by atoms with van der Waals surface area (Å²) < 4.78 is 3.86. The van der Waals surface area contributed by atoms with Crippen LogP contribution in [0.5, 0.6) is 0 Å². The van der Waals surface area contributed by atoms with Crippen molar-refractivity contribution in [3.8, 4) is 11.1 Å². The molecule has 1 aliphatic rings. The zero-order valence-corrected chi connectivity index (χ0v) is 20.6. The molecule has 9 heteroatoms. The fourth-order valence-corrected chi connectivity index (χ4v) is 5.92. The molecule has 2 amide bonds. The lowest BCUT2D eigenvalue weighted by atomic mass is 10.0. The number of thiophene rings is 1. The van der Waals surface area contributed by atoms with Crippen LogP contribution in [0, 0.1) is 0 Å². The van der Waals surface area contributed by atoms with Crippen molar-refractivity contribution in [2.75, 3.05) is 23.9 Å². The molecule has 1 atom stereocenters. The third-order valence-corrected chi connectivity index (χ3v) is 7.82. The average molecular weight is 501 g/mol. The Hall–Kier alpha value is -2.81. The van der Waals surface area contributed by atoms with Gasteiger partial charge in [0.25, 0.3) is 11.8 Å². The molecule has 4 rings (SSSR count). The predicted octanol–water partition coefficient (Wildman–Crippen LogP) is 5.71. The van der Waals surface area contributed by atoms with Crippen LogP contribution >= 0.6 is 34.7 Å². The van der Waals surface area contributed by atoms with E-state index in [9.17, 15) is 14.4 Å². The number of amides is 2. The second-order valence-corrected chi connectivity index (χ2v) is 10.3. The van der Waals surface area contributed by atoms with Crippen LogP contribution in [0.1, 0.15) is 24.2 Å². The van der Waals surface area contributed by atoms with Gasteiger partial charge in [0.2, 0.25) is 0 Å². The second-order valence-electron chi connectivity index (χ2n) is 7.50. The Kier molecular flexibility index (Phi) is 6.52. The number of esters is 1. The normalized spacial score (nSPS) is 17.5. The van der Waals surface area contributed by atoms with Gasteiger partial charge in [-0.15, -0.1) is 11.3 Å². The number of carbonyl (C=O) groups excluding carboxylic acids is 3. The summed E-state index contributed by atoms with van der Waals surface area (Å²) >= 11 is 8.41. The molecule has 0 radical (unpaired) electrons. The molecule has 3 aromatic rings. The highest BCUT2D eigenvalue weighted by Crippen LogP contribution is 2.46. The van der Waals surface area contributed by atoms with Crippen molar-refractivity contribution in [2.45, 2.75) is 23.5 Å². The molecule has 0 fully saturated rings. The first-order valence-corrected chi connectivity index (χ1v) is 12.3. The Bertz CT molecular complexity index is 1240. The van der Waals surface area contributed by atoms with Crippen molar-refractivity contribution < 1.29 is 19.1 Å². The highest BCUT2D eigenvalue weighted by molar-refractivity contribution is 8.02. The summed E-state index contributed by atoms with van der Waals surface area (Å²) in [7, 11) is 1.65. The van der Waals surface area contributed by atoms with Gasteiger partial charge in [0.1, 0.15) is 10.6 Å². The molecular formula is C24H21ClN2O4S2. The maximum absolute atomic E-state index is 13.4. The lowest BCUT2D eigenvalue weighted by Gasteiger charge is -2.36. The Labute approximate surface area is 204 Å². The molecule has 6 nitrogen and oxygen atoms in total. The second kappa shape index (κ2) is 9.21. The summed E-state index contributed by atoms with van der Waals surface area (Å²) in [5.74, 6) is -1.39. The average Bonchev–Trinajstić information content (AvgIpc) is 3.21. The van der Waals surface area contributed by atoms with Crippen LogP contribution in [0.2, 0.25) is 5.02 Å². The van der Waals surface area contributed by atoms with E-state index in [1.165, 1.54) is 28.0 Å². The van der Waals surface area contributed by atoms with E-state index in [0.29, 0.717) is 15.6 Å². The van der Waals surface area contributed by atoms with E-state index < -0.39 is 16.6 Å². The third-order valence-electron chi connectivity index (χ3n) is 5.34. The number of carbonyl (C=O) groups is 3. The first-order valence-electron chi connectivity index (χ1n) is 10.2. The van der Waals surface area contributed by atoms with Crippen LogP contribution in [0.3, 0.4) is 0 Å². The summed E-state index contributed by atoms with van der Waals surface area (Å²) in [6.45, 7) is 3.51. The number of nitrogens with one attached hydrogen (secondary N) is 1. The zero-order valence-electron chi connectivity index (χ0n) is 18.2. The van der Waals surface area contributed by atoms with Gasteiger partial charge in [-0.1, -0.05) is 47.6 Å². The van der Waals surface area contributed by atoms with E-state index in [0.717, 1.165) is 16.1 Å². The number of para-hydroxylation sites is 1. The maximum atomic E-state index is 13.4. The number of rotatable bonds is 5. The van der Waals surface area contributed by atoms with E-state index in [1.807, 2.05) is 24.3 Å². The first kappa shape index (κ1) is 23.4. The molecule has 1 N–H and O–H groups in total. The number of halogens is 1. The van der Waals surface area contributed by atoms with Crippen molar-refractivity contribution in [3.05, 3.63) is 64.5 Å². The largest absolute Gasteiger partial charge is 0.462 e. The van der Waals surface area contributed by atoms with Crippen molar-refractivity contribution in [1.29, 1.82) is 0 Å². The molecule has 0 saturated carbocycles. The monoisotopic (exact) mass is 500 g/mol. The number of ether oxygens (including phenoxy) is 1. The van der Waals surface area contributed by atoms with Crippen molar-refractivity contribution >= 4 is 63.2 Å². The molecule has 0 bridgehead atoms. The van der Waals surface area contributed by atoms with Gasteiger partial charge in [0, 0.05) is 27.9 Å². The lowest BCUT2D eigenvalue weighted by molar-refractivity contribution is -0.128. The molecule has 2 aromatic carbocycles. The van der Waals surface area contributed by atoms with E-state index >= 15 is 0 Å². The SMILES string of the molecule is CCOC(=O)c1c(-c2ccc(Cl)cc2)csc1NC(=O)C1(C)Sc2ccccc2N(C)C1=O. The Morgan fingerprint density at radius 3 is 2.55 bits per heavy atom. The fraction of sp³-hybridized carbons (Fsp3) is 0.208. The summed E-state index contributed by atoms with van der Waals surface area (Å²) in [6, 6.07) is 14.5. The zero-order chi connectivity index (χ0) is 23.8. The number of anilines is 2. The van der Waals surface area contributed by atoms with Gasteiger partial charge in [-0.25, -0.2) is 4.79 Å². The number of nitrogens with zero attached hydrogens (tertiary/aromatic N) is 1. The van der Waals surface area contributed by atoms with Crippen LogP contribution in [-0.2, 0) is 14.3 Å². The summed E-state index contributed by atoms with van der Waals surface area (Å²) in [4.78, 5) is 41.8. The van der Waals surface area contributed by atoms with Crippen LogP contribution in [-0.4, -0.2) is 36.2 Å². The minimum Gasteiger partial charge on any atom is -0.462 e. The minimum atomic E-state index is -1.40. The van der Waals surface area contributed by atoms with Gasteiger partial charge in [0.15, 0.2) is 4.75 Å². The van der Waals surface area contributed by atoms with Crippen molar-refractivity contribution in [2.24, 2.45) is 0 Å². The quantitative estimate of drug-likeness (QED) is 0.358. The smallest absolute Gasteiger partial charge is 0.341 e. The summed E-state index contributed by atoms with van der Waals surface area (Å²) in [5.41, 5.74) is 2.40. The molecule has 1 aromatic heterocycles. The highest BCUT2D eigenvalue weighted by atomic mass is 35.5. The third kappa shape index (κ3) is 4.26. The first-order chi connectivity index (χ1) is 15.8. The highest BCUT2D eigenvalue weighted by Gasteiger charge is 2.48. The van der Waals surface area contributed by atoms with Gasteiger partial charge < -0.3 is 15.0 Å². The van der Waals surface area contributed by atoms with Crippen LogP contribution in [0.25, 0.3) is 11.1 Å². The topological polar surface area (TPSA) is 75.7 Å². The molecule has 1 aliphatic heterocycles. The summed E-state index contributed by atoms with van der Waals surface area (Å²) in [6.07, 6.45) is 0. The standard InChI is InChI=1S/C24H21ClN2O4S2/c1-4-31-21(28)19-16(14-9-11-15(25)12-10-14)13-32-20(19)26-22(29)24(2)23(30)27(3)17-7-5-6-8-18(17)33-24/h5-13H,4H2,1-3H3,(H,26,29).